The molecule has 1 aliphatic heterocycles. The predicted octanol–water partition coefficient (Wildman–Crippen LogP) is 4.15. The number of hydrogen-bond donors (Lipinski definition) is 1. The Labute approximate surface area is 175 Å². The molecule has 1 aromatic rings. The second-order valence-electron chi connectivity index (χ2n) is 8.80. The minimum absolute atomic E-state index is 0.0308. The first-order valence-electron chi connectivity index (χ1n) is 11.3. The summed E-state index contributed by atoms with van der Waals surface area (Å²) in [6, 6.07) is 5.99. The van der Waals surface area contributed by atoms with Crippen molar-refractivity contribution >= 4 is 11.8 Å². The molecule has 1 aliphatic carbocycles. The van der Waals surface area contributed by atoms with Crippen LogP contribution in [0, 0.1) is 19.8 Å². The monoisotopic (exact) mass is 400 g/mol. The fourth-order valence-electron chi connectivity index (χ4n) is 4.46. The van der Waals surface area contributed by atoms with Gasteiger partial charge in [0.1, 0.15) is 5.75 Å². The average Bonchev–Trinajstić information content (AvgIpc) is 2.74. The lowest BCUT2D eigenvalue weighted by molar-refractivity contribution is -0.132. The van der Waals surface area contributed by atoms with Crippen molar-refractivity contribution in [2.75, 3.05) is 19.7 Å². The smallest absolute Gasteiger partial charge is 0.258 e. The van der Waals surface area contributed by atoms with Crippen LogP contribution in [-0.2, 0) is 9.59 Å². The predicted molar refractivity (Wildman–Crippen MR) is 115 cm³/mol. The van der Waals surface area contributed by atoms with Crippen molar-refractivity contribution in [1.29, 1.82) is 0 Å². The van der Waals surface area contributed by atoms with E-state index >= 15 is 0 Å². The first-order chi connectivity index (χ1) is 14.0. The van der Waals surface area contributed by atoms with Crippen LogP contribution >= 0.6 is 0 Å². The van der Waals surface area contributed by atoms with Crippen LogP contribution in [0.1, 0.15) is 68.9 Å². The second-order valence-corrected chi connectivity index (χ2v) is 8.80. The summed E-state index contributed by atoms with van der Waals surface area (Å²) < 4.78 is 5.62. The summed E-state index contributed by atoms with van der Waals surface area (Å²) in [6.07, 6.45) is 10.00. The van der Waals surface area contributed by atoms with Gasteiger partial charge in [-0.25, -0.2) is 0 Å². The highest BCUT2D eigenvalue weighted by Crippen LogP contribution is 2.27. The number of aryl methyl sites for hydroxylation is 2. The second kappa shape index (κ2) is 10.7. The Balaban J connectivity index is 1.32. The van der Waals surface area contributed by atoms with Gasteiger partial charge in [0.2, 0.25) is 5.91 Å². The standard InChI is InChI=1S/C24H36N2O3/c1-18-8-10-22(16-19(18)2)29-17-23(27)25-21-12-14-26(15-13-21)24(28)11-9-20-6-4-3-5-7-20/h8,10,16,20-21H,3-7,9,11-15,17H2,1-2H3,(H,25,27). The molecule has 29 heavy (non-hydrogen) atoms. The van der Waals surface area contributed by atoms with Gasteiger partial charge in [-0.3, -0.25) is 9.59 Å². The number of nitrogens with one attached hydrogen (secondary N) is 1. The Morgan fingerprint density at radius 1 is 1.03 bits per heavy atom. The van der Waals surface area contributed by atoms with Gasteiger partial charge in [-0.05, 0) is 62.3 Å². The van der Waals surface area contributed by atoms with E-state index in [2.05, 4.69) is 12.2 Å². The number of amides is 2. The van der Waals surface area contributed by atoms with Gasteiger partial charge in [0.25, 0.3) is 5.91 Å². The average molecular weight is 401 g/mol. The lowest BCUT2D eigenvalue weighted by Gasteiger charge is -2.33. The fraction of sp³-hybridized carbons (Fsp3) is 0.667. The number of benzene rings is 1. The topological polar surface area (TPSA) is 58.6 Å². The van der Waals surface area contributed by atoms with E-state index < -0.39 is 0 Å². The van der Waals surface area contributed by atoms with Crippen LogP contribution in [0.2, 0.25) is 0 Å². The molecule has 2 fully saturated rings. The molecular formula is C24H36N2O3. The van der Waals surface area contributed by atoms with Crippen LogP contribution in [-0.4, -0.2) is 42.5 Å². The van der Waals surface area contributed by atoms with Gasteiger partial charge >= 0.3 is 0 Å². The van der Waals surface area contributed by atoms with Gasteiger partial charge in [-0.2, -0.15) is 0 Å². The number of hydrogen-bond acceptors (Lipinski definition) is 3. The Morgan fingerprint density at radius 3 is 2.45 bits per heavy atom. The summed E-state index contributed by atoms with van der Waals surface area (Å²) in [7, 11) is 0. The van der Waals surface area contributed by atoms with Crippen LogP contribution in [0.4, 0.5) is 0 Å². The van der Waals surface area contributed by atoms with E-state index in [1.165, 1.54) is 37.7 Å². The number of piperidine rings is 1. The molecule has 2 aliphatic rings. The minimum Gasteiger partial charge on any atom is -0.484 e. The molecule has 0 radical (unpaired) electrons. The Kier molecular flexibility index (Phi) is 7.96. The van der Waals surface area contributed by atoms with Gasteiger partial charge in [-0.1, -0.05) is 38.2 Å². The summed E-state index contributed by atoms with van der Waals surface area (Å²) in [5.41, 5.74) is 2.37. The van der Waals surface area contributed by atoms with E-state index in [0.29, 0.717) is 12.3 Å². The third-order valence-electron chi connectivity index (χ3n) is 6.55. The molecule has 1 aromatic carbocycles. The molecule has 2 amide bonds. The van der Waals surface area contributed by atoms with E-state index in [-0.39, 0.29) is 18.6 Å². The normalized spacial score (nSPS) is 18.5. The highest BCUT2D eigenvalue weighted by atomic mass is 16.5. The quantitative estimate of drug-likeness (QED) is 0.748. The van der Waals surface area contributed by atoms with Gasteiger partial charge in [0.15, 0.2) is 6.61 Å². The van der Waals surface area contributed by atoms with Gasteiger partial charge in [0, 0.05) is 25.6 Å². The van der Waals surface area contributed by atoms with Crippen LogP contribution in [0.15, 0.2) is 18.2 Å². The molecule has 5 heteroatoms. The van der Waals surface area contributed by atoms with E-state index in [1.54, 1.807) is 0 Å². The Hall–Kier alpha value is -2.04. The molecule has 1 N–H and O–H groups in total. The molecule has 5 nitrogen and oxygen atoms in total. The van der Waals surface area contributed by atoms with E-state index in [0.717, 1.165) is 49.6 Å². The highest BCUT2D eigenvalue weighted by molar-refractivity contribution is 5.78. The maximum absolute atomic E-state index is 12.5. The van der Waals surface area contributed by atoms with Crippen molar-refractivity contribution < 1.29 is 14.3 Å². The van der Waals surface area contributed by atoms with Gasteiger partial charge in [0.05, 0.1) is 0 Å². The number of likely N-dealkylation sites (tertiary alicyclic amines) is 1. The zero-order chi connectivity index (χ0) is 20.6. The maximum Gasteiger partial charge on any atom is 0.258 e. The number of carbonyl (C=O) groups excluding carboxylic acids is 2. The van der Waals surface area contributed by atoms with Crippen molar-refractivity contribution in [3.05, 3.63) is 29.3 Å². The Morgan fingerprint density at radius 2 is 1.76 bits per heavy atom. The van der Waals surface area contributed by atoms with Crippen molar-refractivity contribution in [3.63, 3.8) is 0 Å². The van der Waals surface area contributed by atoms with Crippen molar-refractivity contribution in [2.45, 2.75) is 77.7 Å². The maximum atomic E-state index is 12.5. The molecule has 0 aromatic heterocycles. The fourth-order valence-corrected chi connectivity index (χ4v) is 4.46. The third kappa shape index (κ3) is 6.76. The van der Waals surface area contributed by atoms with E-state index in [9.17, 15) is 9.59 Å². The summed E-state index contributed by atoms with van der Waals surface area (Å²) in [5, 5.41) is 3.06. The zero-order valence-corrected chi connectivity index (χ0v) is 18.0. The van der Waals surface area contributed by atoms with Crippen LogP contribution in [0.3, 0.4) is 0 Å². The SMILES string of the molecule is Cc1ccc(OCC(=O)NC2CCN(C(=O)CCC3CCCCC3)CC2)cc1C. The summed E-state index contributed by atoms with van der Waals surface area (Å²) >= 11 is 0. The van der Waals surface area contributed by atoms with Gasteiger partial charge < -0.3 is 15.0 Å². The molecular weight excluding hydrogens is 364 g/mol. The van der Waals surface area contributed by atoms with E-state index in [4.69, 9.17) is 4.74 Å². The Bertz CT molecular complexity index is 689. The summed E-state index contributed by atoms with van der Waals surface area (Å²) in [5.74, 6) is 1.67. The van der Waals surface area contributed by atoms with E-state index in [1.807, 2.05) is 30.0 Å². The molecule has 1 saturated carbocycles. The lowest BCUT2D eigenvalue weighted by atomic mass is 9.86. The summed E-state index contributed by atoms with van der Waals surface area (Å²) in [6.45, 7) is 5.60. The lowest BCUT2D eigenvalue weighted by Crippen LogP contribution is -2.47. The van der Waals surface area contributed by atoms with Crippen molar-refractivity contribution in [2.24, 2.45) is 5.92 Å². The van der Waals surface area contributed by atoms with Crippen molar-refractivity contribution in [1.82, 2.24) is 10.2 Å². The first-order valence-corrected chi connectivity index (χ1v) is 11.3. The molecule has 160 valence electrons. The molecule has 0 bridgehead atoms. The first kappa shape index (κ1) is 21.7. The zero-order valence-electron chi connectivity index (χ0n) is 18.0. The van der Waals surface area contributed by atoms with Crippen molar-refractivity contribution in [3.8, 4) is 5.75 Å². The number of rotatable bonds is 7. The summed E-state index contributed by atoms with van der Waals surface area (Å²) in [4.78, 5) is 26.7. The van der Waals surface area contributed by atoms with Gasteiger partial charge in [-0.15, -0.1) is 0 Å². The number of carbonyl (C=O) groups is 2. The molecule has 0 atom stereocenters. The van der Waals surface area contributed by atoms with Crippen LogP contribution < -0.4 is 10.1 Å². The van der Waals surface area contributed by atoms with Crippen LogP contribution in [0.5, 0.6) is 5.75 Å². The molecule has 1 heterocycles. The largest absolute Gasteiger partial charge is 0.484 e. The van der Waals surface area contributed by atoms with Crippen LogP contribution in [0.25, 0.3) is 0 Å². The molecule has 1 saturated heterocycles. The minimum atomic E-state index is -0.0923. The highest BCUT2D eigenvalue weighted by Gasteiger charge is 2.24. The number of nitrogens with zero attached hydrogens (tertiary/aromatic N) is 1. The number of ether oxygens (including phenoxy) is 1. The third-order valence-corrected chi connectivity index (χ3v) is 6.55. The molecule has 0 unspecified atom stereocenters. The molecule has 0 spiro atoms. The molecule has 3 rings (SSSR count).